The Kier molecular flexibility index (Phi) is 6.01. The van der Waals surface area contributed by atoms with Gasteiger partial charge in [0.1, 0.15) is 10.5 Å². The van der Waals surface area contributed by atoms with E-state index in [1.165, 1.54) is 6.07 Å². The van der Waals surface area contributed by atoms with E-state index in [2.05, 4.69) is 4.98 Å². The van der Waals surface area contributed by atoms with E-state index in [4.69, 9.17) is 9.15 Å². The Balaban J connectivity index is 1.92. The molecule has 0 spiro atoms. The van der Waals surface area contributed by atoms with Gasteiger partial charge in [-0.1, -0.05) is 0 Å². The van der Waals surface area contributed by atoms with Crippen LogP contribution in [-0.2, 0) is 17.2 Å². The van der Waals surface area contributed by atoms with Crippen LogP contribution in [-0.4, -0.2) is 35.8 Å². The van der Waals surface area contributed by atoms with Crippen molar-refractivity contribution in [2.75, 3.05) is 25.6 Å². The number of carbonyl (C=O) groups is 1. The Morgan fingerprint density at radius 2 is 2.00 bits per heavy atom. The third kappa shape index (κ3) is 4.40. The molecule has 0 saturated carbocycles. The summed E-state index contributed by atoms with van der Waals surface area (Å²) in [6.07, 6.45) is -3.91. The van der Waals surface area contributed by atoms with Gasteiger partial charge >= 0.3 is 6.18 Å². The molecule has 3 rings (SSSR count). The van der Waals surface area contributed by atoms with Gasteiger partial charge in [0.2, 0.25) is 5.88 Å². The fraction of sp³-hybridized carbons (Fsp3) is 0.263. The maximum absolute atomic E-state index is 13.4. The second kappa shape index (κ2) is 8.34. The number of amides is 1. The molecule has 0 aliphatic rings. The Morgan fingerprint density at radius 1 is 1.27 bits per heavy atom. The average Bonchev–Trinajstić information content (AvgIpc) is 3.10. The zero-order valence-corrected chi connectivity index (χ0v) is 17.1. The summed E-state index contributed by atoms with van der Waals surface area (Å²) in [6, 6.07) is 7.35. The number of aromatic nitrogens is 1. The number of halogens is 3. The number of fused-ring (bicyclic) bond motifs is 1. The summed E-state index contributed by atoms with van der Waals surface area (Å²) < 4.78 is 65.4. The number of hydrogen-bond donors (Lipinski definition) is 1. The number of pyridine rings is 1. The van der Waals surface area contributed by atoms with E-state index in [0.717, 1.165) is 11.9 Å². The lowest BCUT2D eigenvalue weighted by Gasteiger charge is -2.15. The van der Waals surface area contributed by atoms with E-state index >= 15 is 0 Å². The van der Waals surface area contributed by atoms with Crippen LogP contribution >= 0.6 is 0 Å². The predicted molar refractivity (Wildman–Crippen MR) is 105 cm³/mol. The molecular weight excluding hydrogens is 423 g/mol. The van der Waals surface area contributed by atoms with Crippen molar-refractivity contribution in [2.24, 2.45) is 0 Å². The number of furan rings is 1. The Morgan fingerprint density at radius 3 is 2.63 bits per heavy atom. The minimum absolute atomic E-state index is 0.00420. The molecule has 1 aromatic carbocycles. The van der Waals surface area contributed by atoms with Gasteiger partial charge in [0, 0.05) is 37.4 Å². The molecule has 1 atom stereocenters. The van der Waals surface area contributed by atoms with Crippen molar-refractivity contribution < 1.29 is 31.3 Å². The van der Waals surface area contributed by atoms with E-state index in [0.29, 0.717) is 17.0 Å². The first kappa shape index (κ1) is 21.6. The van der Waals surface area contributed by atoms with E-state index < -0.39 is 39.4 Å². The number of anilines is 1. The minimum Gasteiger partial charge on any atom is -0.477 e. The van der Waals surface area contributed by atoms with Crippen molar-refractivity contribution in [2.45, 2.75) is 18.0 Å². The quantitative estimate of drug-likeness (QED) is 0.627. The normalized spacial score (nSPS) is 12.6. The second-order valence-electron chi connectivity index (χ2n) is 6.35. The van der Waals surface area contributed by atoms with Gasteiger partial charge < -0.3 is 14.1 Å². The highest BCUT2D eigenvalue weighted by atomic mass is 32.2. The smallest absolute Gasteiger partial charge is 0.417 e. The summed E-state index contributed by atoms with van der Waals surface area (Å²) >= 11 is 0. The molecule has 30 heavy (non-hydrogen) atoms. The number of hydrogen-bond acceptors (Lipinski definition) is 6. The Bertz CT molecular complexity index is 1110. The summed E-state index contributed by atoms with van der Waals surface area (Å²) in [5.41, 5.74) is 0.0308. The van der Waals surface area contributed by atoms with Gasteiger partial charge in [-0.05, 0) is 31.2 Å². The Hall–Kier alpha value is -3.08. The van der Waals surface area contributed by atoms with Crippen LogP contribution in [0.25, 0.3) is 11.0 Å². The lowest BCUT2D eigenvalue weighted by Crippen LogP contribution is -2.27. The Labute approximate surface area is 172 Å². The van der Waals surface area contributed by atoms with E-state index in [1.54, 1.807) is 19.1 Å². The number of nitrogens with zero attached hydrogens (tertiary/aromatic N) is 2. The summed E-state index contributed by atoms with van der Waals surface area (Å²) in [5, 5.41) is 0.615. The third-order valence-corrected chi connectivity index (χ3v) is 5.21. The van der Waals surface area contributed by atoms with Gasteiger partial charge in [0.05, 0.1) is 12.2 Å². The van der Waals surface area contributed by atoms with Crippen molar-refractivity contribution in [1.29, 1.82) is 0 Å². The van der Waals surface area contributed by atoms with Gasteiger partial charge in [0.15, 0.2) is 16.7 Å². The first-order valence-electron chi connectivity index (χ1n) is 8.74. The fourth-order valence-corrected chi connectivity index (χ4v) is 3.69. The van der Waals surface area contributed by atoms with Crippen molar-refractivity contribution in [3.05, 3.63) is 47.9 Å². The van der Waals surface area contributed by atoms with Crippen LogP contribution in [0.5, 0.6) is 5.88 Å². The highest BCUT2D eigenvalue weighted by Gasteiger charge is 2.38. The first-order chi connectivity index (χ1) is 14.1. The van der Waals surface area contributed by atoms with Crippen LogP contribution in [0.2, 0.25) is 0 Å². The van der Waals surface area contributed by atoms with E-state index in [9.17, 15) is 22.2 Å². The highest BCUT2D eigenvalue weighted by Crippen LogP contribution is 2.36. The van der Waals surface area contributed by atoms with Crippen LogP contribution in [0.4, 0.5) is 18.9 Å². The van der Waals surface area contributed by atoms with Crippen LogP contribution in [0.3, 0.4) is 0 Å². The van der Waals surface area contributed by atoms with Crippen LogP contribution in [0, 0.1) is 0 Å². The molecule has 0 bridgehead atoms. The fourth-order valence-electron chi connectivity index (χ4n) is 2.67. The van der Waals surface area contributed by atoms with Gasteiger partial charge in [-0.3, -0.25) is 9.52 Å². The number of nitrogens with one attached hydrogen (secondary N) is 1. The van der Waals surface area contributed by atoms with Crippen molar-refractivity contribution >= 4 is 33.5 Å². The molecular formula is C19H18F3N3O4S. The molecule has 2 heterocycles. The molecule has 3 aromatic rings. The molecule has 1 amide bonds. The van der Waals surface area contributed by atoms with Crippen molar-refractivity contribution in [3.8, 4) is 5.88 Å². The largest absolute Gasteiger partial charge is 0.477 e. The number of rotatable bonds is 6. The molecule has 0 radical (unpaired) electrons. The lowest BCUT2D eigenvalue weighted by atomic mass is 10.2. The zero-order chi connectivity index (χ0) is 22.1. The predicted octanol–water partition coefficient (Wildman–Crippen LogP) is 3.76. The van der Waals surface area contributed by atoms with Gasteiger partial charge in [-0.2, -0.15) is 13.2 Å². The lowest BCUT2D eigenvalue weighted by molar-refractivity contribution is -0.140. The SMILES string of the molecule is CCOc1nccc(C(F)(F)F)c1S(=O)NC(=O)c1cc2ccc(N(C)C)cc2o1. The van der Waals surface area contributed by atoms with Crippen molar-refractivity contribution in [1.82, 2.24) is 9.71 Å². The number of carbonyl (C=O) groups excluding carboxylic acids is 1. The number of benzene rings is 1. The summed E-state index contributed by atoms with van der Waals surface area (Å²) in [5.74, 6) is -1.59. The molecule has 2 aromatic heterocycles. The molecule has 160 valence electrons. The van der Waals surface area contributed by atoms with Gasteiger partial charge in [-0.25, -0.2) is 9.19 Å². The summed E-state index contributed by atoms with van der Waals surface area (Å²) in [6.45, 7) is 1.55. The summed E-state index contributed by atoms with van der Waals surface area (Å²) in [4.78, 5) is 17.3. The molecule has 0 aliphatic carbocycles. The third-order valence-electron chi connectivity index (χ3n) is 4.07. The molecule has 0 fully saturated rings. The molecule has 1 unspecified atom stereocenters. The molecule has 11 heteroatoms. The van der Waals surface area contributed by atoms with Gasteiger partial charge in [0.25, 0.3) is 5.91 Å². The topological polar surface area (TPSA) is 84.7 Å². The zero-order valence-electron chi connectivity index (χ0n) is 16.2. The molecule has 0 saturated heterocycles. The van der Waals surface area contributed by atoms with Crippen LogP contribution in [0.15, 0.2) is 45.8 Å². The number of alkyl halides is 3. The second-order valence-corrected chi connectivity index (χ2v) is 7.50. The molecule has 0 aliphatic heterocycles. The van der Waals surface area contributed by atoms with E-state index in [1.807, 2.05) is 29.8 Å². The maximum atomic E-state index is 13.4. The standard InChI is InChI=1S/C19H18F3N3O4S/c1-4-28-18-16(13(7-8-23-18)19(20,21)22)30(27)24-17(26)15-9-11-5-6-12(25(2)3)10-14(11)29-15/h5-10H,4H2,1-3H3,(H,24,26). The minimum atomic E-state index is -4.81. The molecule has 1 N–H and O–H groups in total. The summed E-state index contributed by atoms with van der Waals surface area (Å²) in [7, 11) is 1.08. The maximum Gasteiger partial charge on any atom is 0.417 e. The van der Waals surface area contributed by atoms with Gasteiger partial charge in [-0.15, -0.1) is 0 Å². The molecule has 7 nitrogen and oxygen atoms in total. The average molecular weight is 441 g/mol. The highest BCUT2D eigenvalue weighted by molar-refractivity contribution is 7.83. The monoisotopic (exact) mass is 441 g/mol. The van der Waals surface area contributed by atoms with E-state index in [-0.39, 0.29) is 12.4 Å². The first-order valence-corrected chi connectivity index (χ1v) is 9.89. The van der Waals surface area contributed by atoms with Crippen LogP contribution in [0.1, 0.15) is 23.0 Å². The number of ether oxygens (including phenoxy) is 1. The van der Waals surface area contributed by atoms with Crippen molar-refractivity contribution in [3.63, 3.8) is 0 Å². The van der Waals surface area contributed by atoms with Crippen LogP contribution < -0.4 is 14.4 Å².